The van der Waals surface area contributed by atoms with E-state index >= 15 is 0 Å². The lowest BCUT2D eigenvalue weighted by atomic mass is 10.1. The van der Waals surface area contributed by atoms with Crippen molar-refractivity contribution < 1.29 is 9.53 Å². The first-order valence-corrected chi connectivity index (χ1v) is 8.65. The van der Waals surface area contributed by atoms with Gasteiger partial charge in [-0.3, -0.25) is 9.48 Å². The van der Waals surface area contributed by atoms with Gasteiger partial charge in [-0.25, -0.2) is 0 Å². The van der Waals surface area contributed by atoms with Gasteiger partial charge in [0, 0.05) is 25.4 Å². The summed E-state index contributed by atoms with van der Waals surface area (Å²) in [5, 5.41) is 10.1. The van der Waals surface area contributed by atoms with Crippen LogP contribution in [0.25, 0.3) is 0 Å². The van der Waals surface area contributed by atoms with Crippen molar-refractivity contribution >= 4 is 5.91 Å². The number of likely N-dealkylation sites (N-methyl/N-ethyl adjacent to an activating group) is 1. The average Bonchev–Trinajstić information content (AvgIpc) is 3.01. The largest absolute Gasteiger partial charge is 0.493 e. The molecule has 1 aromatic heterocycles. The molecule has 0 bridgehead atoms. The van der Waals surface area contributed by atoms with Crippen LogP contribution in [-0.2, 0) is 18.3 Å². The normalized spacial score (nSPS) is 12.2. The third kappa shape index (κ3) is 5.90. The quantitative estimate of drug-likeness (QED) is 0.731. The van der Waals surface area contributed by atoms with Crippen LogP contribution in [0.4, 0.5) is 0 Å². The number of carbonyl (C=O) groups excluding carboxylic acids is 1. The third-order valence-electron chi connectivity index (χ3n) is 3.83. The van der Waals surface area contributed by atoms with Crippen molar-refractivity contribution in [1.29, 1.82) is 0 Å². The van der Waals surface area contributed by atoms with Crippen LogP contribution in [0, 0.1) is 5.92 Å². The smallest absolute Gasteiger partial charge is 0.241 e. The number of carbonyl (C=O) groups is 1. The zero-order chi connectivity index (χ0) is 18.2. The number of aryl methyl sites for hydroxylation is 1. The van der Waals surface area contributed by atoms with Gasteiger partial charge in [0.25, 0.3) is 0 Å². The van der Waals surface area contributed by atoms with Crippen LogP contribution in [-0.4, -0.2) is 35.9 Å². The van der Waals surface area contributed by atoms with Crippen molar-refractivity contribution in [3.8, 4) is 5.75 Å². The van der Waals surface area contributed by atoms with Gasteiger partial charge in [-0.05, 0) is 37.1 Å². The molecule has 2 N–H and O–H groups in total. The van der Waals surface area contributed by atoms with E-state index in [0.29, 0.717) is 12.5 Å². The Morgan fingerprint density at radius 3 is 2.56 bits per heavy atom. The summed E-state index contributed by atoms with van der Waals surface area (Å²) in [5.41, 5.74) is 2.02. The number of nitrogens with one attached hydrogen (secondary N) is 2. The molecular formula is C19H28N4O2. The number of aromatic nitrogens is 2. The lowest BCUT2D eigenvalue weighted by molar-refractivity contribution is -0.123. The van der Waals surface area contributed by atoms with Crippen LogP contribution < -0.4 is 15.4 Å². The molecule has 0 aliphatic rings. The van der Waals surface area contributed by atoms with Gasteiger partial charge in [-0.15, -0.1) is 0 Å². The highest BCUT2D eigenvalue weighted by molar-refractivity contribution is 5.83. The van der Waals surface area contributed by atoms with E-state index in [9.17, 15) is 4.79 Å². The Balaban J connectivity index is 1.80. The third-order valence-corrected chi connectivity index (χ3v) is 3.83. The topological polar surface area (TPSA) is 68.2 Å². The molecule has 0 saturated heterocycles. The Morgan fingerprint density at radius 1 is 1.28 bits per heavy atom. The second-order valence-corrected chi connectivity index (χ2v) is 6.56. The zero-order valence-corrected chi connectivity index (χ0v) is 15.5. The highest BCUT2D eigenvalue weighted by Gasteiger charge is 2.19. The van der Waals surface area contributed by atoms with Crippen molar-refractivity contribution in [3.63, 3.8) is 0 Å². The van der Waals surface area contributed by atoms with Crippen LogP contribution in [0.5, 0.6) is 5.75 Å². The Labute approximate surface area is 149 Å². The van der Waals surface area contributed by atoms with Gasteiger partial charge in [0.05, 0.1) is 12.8 Å². The lowest BCUT2D eigenvalue weighted by Crippen LogP contribution is -2.36. The molecule has 1 unspecified atom stereocenters. The molecule has 0 aliphatic heterocycles. The molecule has 2 rings (SSSR count). The number of benzene rings is 1. The summed E-state index contributed by atoms with van der Waals surface area (Å²) in [6, 6.07) is 7.65. The molecule has 0 aliphatic carbocycles. The molecule has 136 valence electrons. The zero-order valence-electron chi connectivity index (χ0n) is 15.5. The molecule has 1 atom stereocenters. The number of ether oxygens (including phenoxy) is 1. The first kappa shape index (κ1) is 19.0. The van der Waals surface area contributed by atoms with E-state index in [1.54, 1.807) is 17.9 Å². The van der Waals surface area contributed by atoms with E-state index in [4.69, 9.17) is 4.74 Å². The van der Waals surface area contributed by atoms with E-state index < -0.39 is 0 Å². The van der Waals surface area contributed by atoms with Crippen molar-refractivity contribution in [2.24, 2.45) is 13.0 Å². The van der Waals surface area contributed by atoms with Gasteiger partial charge in [-0.2, -0.15) is 5.10 Å². The Morgan fingerprint density at radius 2 is 2.00 bits per heavy atom. The van der Waals surface area contributed by atoms with Crippen LogP contribution in [0.15, 0.2) is 36.7 Å². The van der Waals surface area contributed by atoms with Gasteiger partial charge in [0.2, 0.25) is 5.91 Å². The molecule has 0 fully saturated rings. The van der Waals surface area contributed by atoms with Gasteiger partial charge in [0.1, 0.15) is 11.8 Å². The minimum atomic E-state index is -0.388. The molecule has 0 radical (unpaired) electrons. The van der Waals surface area contributed by atoms with Gasteiger partial charge < -0.3 is 15.4 Å². The predicted octanol–water partition coefficient (Wildman–Crippen LogP) is 2.07. The maximum Gasteiger partial charge on any atom is 0.241 e. The van der Waals surface area contributed by atoms with Gasteiger partial charge >= 0.3 is 0 Å². The summed E-state index contributed by atoms with van der Waals surface area (Å²) in [5.74, 6) is 1.34. The Bertz CT molecular complexity index is 664. The number of rotatable bonds is 9. The fourth-order valence-electron chi connectivity index (χ4n) is 2.49. The first-order chi connectivity index (χ1) is 12.0. The average molecular weight is 344 g/mol. The standard InChI is InChI=1S/C19H28N4O2/c1-14(2)13-25-17-7-5-15(6-8-17)9-10-21-19(24)18(20-3)16-11-22-23(4)12-16/h5-8,11-12,14,18,20H,9-10,13H2,1-4H3,(H,21,24). The molecule has 0 spiro atoms. The number of nitrogens with zero attached hydrogens (tertiary/aromatic N) is 2. The van der Waals surface area contributed by atoms with E-state index in [0.717, 1.165) is 24.3 Å². The maximum atomic E-state index is 12.3. The molecule has 1 amide bonds. The van der Waals surface area contributed by atoms with Gasteiger partial charge in [0.15, 0.2) is 0 Å². The minimum Gasteiger partial charge on any atom is -0.493 e. The fraction of sp³-hybridized carbons (Fsp3) is 0.474. The molecule has 1 aromatic carbocycles. The number of hydrogen-bond donors (Lipinski definition) is 2. The van der Waals surface area contributed by atoms with Crippen LogP contribution >= 0.6 is 0 Å². The van der Waals surface area contributed by atoms with Crippen LogP contribution in [0.1, 0.15) is 31.0 Å². The molecule has 6 heteroatoms. The summed E-state index contributed by atoms with van der Waals surface area (Å²) >= 11 is 0. The minimum absolute atomic E-state index is 0.0487. The van der Waals surface area contributed by atoms with Crippen molar-refractivity contribution in [3.05, 3.63) is 47.8 Å². The summed E-state index contributed by atoms with van der Waals surface area (Å²) in [6.45, 7) is 5.56. The molecule has 25 heavy (non-hydrogen) atoms. The summed E-state index contributed by atoms with van der Waals surface area (Å²) in [6.07, 6.45) is 4.33. The van der Waals surface area contributed by atoms with E-state index in [2.05, 4.69) is 29.6 Å². The summed E-state index contributed by atoms with van der Waals surface area (Å²) < 4.78 is 7.37. The van der Waals surface area contributed by atoms with E-state index in [-0.39, 0.29) is 11.9 Å². The molecule has 1 heterocycles. The highest BCUT2D eigenvalue weighted by Crippen LogP contribution is 2.14. The SMILES string of the molecule is CNC(C(=O)NCCc1ccc(OCC(C)C)cc1)c1cnn(C)c1. The Hall–Kier alpha value is -2.34. The number of amides is 1. The fourth-order valence-corrected chi connectivity index (χ4v) is 2.49. The summed E-state index contributed by atoms with van der Waals surface area (Å²) in [4.78, 5) is 12.3. The monoisotopic (exact) mass is 344 g/mol. The van der Waals surface area contributed by atoms with Crippen LogP contribution in [0.3, 0.4) is 0 Å². The second-order valence-electron chi connectivity index (χ2n) is 6.56. The first-order valence-electron chi connectivity index (χ1n) is 8.65. The second kappa shape index (κ2) is 9.22. The van der Waals surface area contributed by atoms with Crippen LogP contribution in [0.2, 0.25) is 0 Å². The van der Waals surface area contributed by atoms with Gasteiger partial charge in [-0.1, -0.05) is 26.0 Å². The molecule has 2 aromatic rings. The lowest BCUT2D eigenvalue weighted by Gasteiger charge is -2.14. The molecule has 6 nitrogen and oxygen atoms in total. The number of hydrogen-bond acceptors (Lipinski definition) is 4. The summed E-state index contributed by atoms with van der Waals surface area (Å²) in [7, 11) is 3.61. The van der Waals surface area contributed by atoms with E-state index in [1.165, 1.54) is 5.56 Å². The van der Waals surface area contributed by atoms with Crippen molar-refractivity contribution in [2.75, 3.05) is 20.2 Å². The maximum absolute atomic E-state index is 12.3. The Kier molecular flexibility index (Phi) is 7.01. The highest BCUT2D eigenvalue weighted by atomic mass is 16.5. The molecular weight excluding hydrogens is 316 g/mol. The van der Waals surface area contributed by atoms with Crippen molar-refractivity contribution in [1.82, 2.24) is 20.4 Å². The predicted molar refractivity (Wildman–Crippen MR) is 98.5 cm³/mol. The van der Waals surface area contributed by atoms with Crippen molar-refractivity contribution in [2.45, 2.75) is 26.3 Å². The molecule has 0 saturated carbocycles. The van der Waals surface area contributed by atoms with E-state index in [1.807, 2.05) is 37.5 Å².